The Labute approximate surface area is 156 Å². The summed E-state index contributed by atoms with van der Waals surface area (Å²) in [6.07, 6.45) is 2.08. The zero-order valence-corrected chi connectivity index (χ0v) is 15.7. The van der Waals surface area contributed by atoms with E-state index in [1.807, 2.05) is 25.1 Å². The highest BCUT2D eigenvalue weighted by Crippen LogP contribution is 2.34. The summed E-state index contributed by atoms with van der Waals surface area (Å²) >= 11 is 0. The van der Waals surface area contributed by atoms with Gasteiger partial charge in [-0.2, -0.15) is 0 Å². The molecular weight excluding hydrogens is 346 g/mol. The maximum atomic E-state index is 12.6. The predicted molar refractivity (Wildman–Crippen MR) is 101 cm³/mol. The Morgan fingerprint density at radius 1 is 1.22 bits per heavy atom. The molecule has 3 aromatic rings. The van der Waals surface area contributed by atoms with Gasteiger partial charge in [0, 0.05) is 29.6 Å². The average Bonchev–Trinajstić information content (AvgIpc) is 3.30. The number of nitrogens with zero attached hydrogens (tertiary/aromatic N) is 2. The molecule has 1 fully saturated rings. The van der Waals surface area contributed by atoms with E-state index >= 15 is 0 Å². The molecule has 0 unspecified atom stereocenters. The summed E-state index contributed by atoms with van der Waals surface area (Å²) in [6.45, 7) is 3.40. The van der Waals surface area contributed by atoms with Crippen LogP contribution in [0, 0.1) is 6.92 Å². The van der Waals surface area contributed by atoms with E-state index < -0.39 is 0 Å². The third-order valence-electron chi connectivity index (χ3n) is 5.14. The van der Waals surface area contributed by atoms with Crippen molar-refractivity contribution in [2.45, 2.75) is 32.4 Å². The van der Waals surface area contributed by atoms with E-state index in [4.69, 9.17) is 14.0 Å². The summed E-state index contributed by atoms with van der Waals surface area (Å²) in [5, 5.41) is 4.91. The number of hydrogen-bond acceptors (Lipinski definition) is 6. The molecule has 0 saturated carbocycles. The van der Waals surface area contributed by atoms with Crippen molar-refractivity contribution in [3.8, 4) is 11.5 Å². The molecule has 142 valence electrons. The normalized spacial score (nSPS) is 17.5. The number of aromatic nitrogens is 2. The standard InChI is InChI=1S/C20H23N3O4/c1-12-7-17(27-22-12)16-5-4-6-23(16)11-14-8-13-9-18(25-2)19(26-3)10-15(13)21-20(14)24/h7-10,16H,4-6,11H2,1-3H3,(H,21,24)/t16-/m0/s1. The second kappa shape index (κ2) is 7.08. The maximum absolute atomic E-state index is 12.6. The molecule has 0 spiro atoms. The number of pyridine rings is 1. The monoisotopic (exact) mass is 369 g/mol. The first-order valence-electron chi connectivity index (χ1n) is 9.04. The third-order valence-corrected chi connectivity index (χ3v) is 5.14. The topological polar surface area (TPSA) is 80.6 Å². The fourth-order valence-electron chi connectivity index (χ4n) is 3.79. The zero-order chi connectivity index (χ0) is 19.0. The number of H-pyrrole nitrogens is 1. The number of rotatable bonds is 5. The molecule has 1 atom stereocenters. The molecule has 0 amide bonds. The van der Waals surface area contributed by atoms with Crippen LogP contribution >= 0.6 is 0 Å². The van der Waals surface area contributed by atoms with Gasteiger partial charge in [-0.25, -0.2) is 0 Å². The number of likely N-dealkylation sites (tertiary alicyclic amines) is 1. The highest BCUT2D eigenvalue weighted by molar-refractivity contribution is 5.83. The summed E-state index contributed by atoms with van der Waals surface area (Å²) in [5.41, 5.74) is 2.23. The van der Waals surface area contributed by atoms with Crippen molar-refractivity contribution in [3.05, 3.63) is 51.6 Å². The molecular formula is C20H23N3O4. The Bertz CT molecular complexity index is 1020. The number of methoxy groups -OCH3 is 2. The Balaban J connectivity index is 1.67. The fourth-order valence-corrected chi connectivity index (χ4v) is 3.79. The third kappa shape index (κ3) is 3.30. The first-order chi connectivity index (χ1) is 13.1. The molecule has 7 nitrogen and oxygen atoms in total. The number of nitrogens with one attached hydrogen (secondary N) is 1. The average molecular weight is 369 g/mol. The highest BCUT2D eigenvalue weighted by Gasteiger charge is 2.29. The molecule has 3 heterocycles. The van der Waals surface area contributed by atoms with Crippen LogP contribution in [0.25, 0.3) is 10.9 Å². The van der Waals surface area contributed by atoms with Gasteiger partial charge in [0.05, 0.1) is 31.5 Å². The Hall–Kier alpha value is -2.80. The van der Waals surface area contributed by atoms with E-state index in [0.717, 1.165) is 47.3 Å². The Kier molecular flexibility index (Phi) is 4.61. The summed E-state index contributed by atoms with van der Waals surface area (Å²) in [4.78, 5) is 17.9. The highest BCUT2D eigenvalue weighted by atomic mass is 16.5. The molecule has 0 bridgehead atoms. The summed E-state index contributed by atoms with van der Waals surface area (Å²) in [5.74, 6) is 2.10. The van der Waals surface area contributed by atoms with E-state index in [9.17, 15) is 4.79 Å². The minimum absolute atomic E-state index is 0.0888. The van der Waals surface area contributed by atoms with Gasteiger partial charge in [-0.05, 0) is 38.4 Å². The molecule has 1 aliphatic heterocycles. The van der Waals surface area contributed by atoms with E-state index in [1.54, 1.807) is 20.3 Å². The van der Waals surface area contributed by atoms with Crippen LogP contribution in [0.5, 0.6) is 11.5 Å². The lowest BCUT2D eigenvalue weighted by Gasteiger charge is -2.22. The van der Waals surface area contributed by atoms with Crippen LogP contribution in [-0.4, -0.2) is 35.8 Å². The molecule has 27 heavy (non-hydrogen) atoms. The lowest BCUT2D eigenvalue weighted by atomic mass is 10.1. The van der Waals surface area contributed by atoms with Crippen molar-refractivity contribution in [2.24, 2.45) is 0 Å². The Morgan fingerprint density at radius 2 is 2.00 bits per heavy atom. The van der Waals surface area contributed by atoms with E-state index in [-0.39, 0.29) is 11.6 Å². The largest absolute Gasteiger partial charge is 0.493 e. The first kappa shape index (κ1) is 17.6. The molecule has 0 aliphatic carbocycles. The Morgan fingerprint density at radius 3 is 2.70 bits per heavy atom. The molecule has 1 aromatic carbocycles. The van der Waals surface area contributed by atoms with Crippen LogP contribution in [-0.2, 0) is 6.54 Å². The van der Waals surface area contributed by atoms with Gasteiger partial charge in [-0.15, -0.1) is 0 Å². The van der Waals surface area contributed by atoms with E-state index in [0.29, 0.717) is 18.0 Å². The van der Waals surface area contributed by atoms with Gasteiger partial charge in [0.1, 0.15) is 0 Å². The van der Waals surface area contributed by atoms with Crippen LogP contribution in [0.15, 0.2) is 33.6 Å². The number of aromatic amines is 1. The van der Waals surface area contributed by atoms with Crippen molar-refractivity contribution < 1.29 is 14.0 Å². The maximum Gasteiger partial charge on any atom is 0.252 e. The molecule has 1 aliphatic rings. The lowest BCUT2D eigenvalue weighted by molar-refractivity contribution is 0.206. The lowest BCUT2D eigenvalue weighted by Crippen LogP contribution is -2.26. The van der Waals surface area contributed by atoms with Crippen molar-refractivity contribution in [3.63, 3.8) is 0 Å². The van der Waals surface area contributed by atoms with E-state index in [1.165, 1.54) is 0 Å². The molecule has 4 rings (SSSR count). The fraction of sp³-hybridized carbons (Fsp3) is 0.400. The second-order valence-corrected chi connectivity index (χ2v) is 6.92. The SMILES string of the molecule is COc1cc2cc(CN3CCC[C@H]3c3cc(C)no3)c(=O)[nH]c2cc1OC. The zero-order valence-electron chi connectivity index (χ0n) is 15.7. The number of ether oxygens (including phenoxy) is 2. The quantitative estimate of drug-likeness (QED) is 0.744. The van der Waals surface area contributed by atoms with Crippen molar-refractivity contribution in [1.29, 1.82) is 0 Å². The van der Waals surface area contributed by atoms with Crippen LogP contribution in [0.1, 0.15) is 35.9 Å². The number of hydrogen-bond donors (Lipinski definition) is 1. The van der Waals surface area contributed by atoms with Gasteiger partial charge in [-0.1, -0.05) is 5.16 Å². The van der Waals surface area contributed by atoms with Crippen molar-refractivity contribution >= 4 is 10.9 Å². The summed E-state index contributed by atoms with van der Waals surface area (Å²) in [7, 11) is 3.18. The summed E-state index contributed by atoms with van der Waals surface area (Å²) in [6, 6.07) is 7.73. The number of aryl methyl sites for hydroxylation is 1. The molecule has 1 saturated heterocycles. The molecule has 7 heteroatoms. The summed E-state index contributed by atoms with van der Waals surface area (Å²) < 4.78 is 16.2. The molecule has 0 radical (unpaired) electrons. The van der Waals surface area contributed by atoms with Crippen molar-refractivity contribution in [1.82, 2.24) is 15.0 Å². The van der Waals surface area contributed by atoms with Crippen molar-refractivity contribution in [2.75, 3.05) is 20.8 Å². The second-order valence-electron chi connectivity index (χ2n) is 6.92. The van der Waals surface area contributed by atoms with Gasteiger partial charge in [0.15, 0.2) is 17.3 Å². The van der Waals surface area contributed by atoms with Crippen LogP contribution in [0.2, 0.25) is 0 Å². The minimum atomic E-state index is -0.0888. The molecule has 1 N–H and O–H groups in total. The minimum Gasteiger partial charge on any atom is -0.493 e. The number of benzene rings is 1. The molecule has 2 aromatic heterocycles. The predicted octanol–water partition coefficient (Wildman–Crippen LogP) is 3.18. The van der Waals surface area contributed by atoms with Gasteiger partial charge < -0.3 is 19.0 Å². The van der Waals surface area contributed by atoms with Crippen LogP contribution in [0.4, 0.5) is 0 Å². The number of fused-ring (bicyclic) bond motifs is 1. The van der Waals surface area contributed by atoms with Gasteiger partial charge >= 0.3 is 0 Å². The van der Waals surface area contributed by atoms with Crippen LogP contribution in [0.3, 0.4) is 0 Å². The smallest absolute Gasteiger partial charge is 0.252 e. The first-order valence-corrected chi connectivity index (χ1v) is 9.04. The van der Waals surface area contributed by atoms with E-state index in [2.05, 4.69) is 15.0 Å². The van der Waals surface area contributed by atoms with Crippen LogP contribution < -0.4 is 15.0 Å². The van der Waals surface area contributed by atoms with Gasteiger partial charge in [-0.3, -0.25) is 9.69 Å². The van der Waals surface area contributed by atoms with Gasteiger partial charge in [0.2, 0.25) is 0 Å². The van der Waals surface area contributed by atoms with Gasteiger partial charge in [0.25, 0.3) is 5.56 Å².